The number of aliphatic hydroxyl groups is 1. The van der Waals surface area contributed by atoms with Crippen LogP contribution in [0.1, 0.15) is 24.3 Å². The van der Waals surface area contributed by atoms with Crippen LogP contribution in [0.5, 0.6) is 0 Å². The largest absolute Gasteiger partial charge is 0.382 e. The molecule has 0 amide bonds. The summed E-state index contributed by atoms with van der Waals surface area (Å²) in [6.45, 7) is 2.62. The lowest BCUT2D eigenvalue weighted by Gasteiger charge is -2.13. The van der Waals surface area contributed by atoms with Gasteiger partial charge in [0.2, 0.25) is 0 Å². The van der Waals surface area contributed by atoms with E-state index < -0.39 is 6.10 Å². The third-order valence-electron chi connectivity index (χ3n) is 2.41. The van der Waals surface area contributed by atoms with E-state index in [0.717, 1.165) is 5.56 Å². The molecule has 0 aliphatic heterocycles. The summed E-state index contributed by atoms with van der Waals surface area (Å²) in [7, 11) is 0. The summed E-state index contributed by atoms with van der Waals surface area (Å²) in [4.78, 5) is 3.91. The van der Waals surface area contributed by atoms with Crippen LogP contribution in [-0.4, -0.2) is 19.9 Å². The van der Waals surface area contributed by atoms with Gasteiger partial charge in [-0.05, 0) is 24.6 Å². The van der Waals surface area contributed by atoms with Gasteiger partial charge in [0.05, 0.1) is 16.9 Å². The zero-order valence-electron chi connectivity index (χ0n) is 8.84. The Bertz CT molecular complexity index is 469. The molecular formula is C11H12ClN3O. The van der Waals surface area contributed by atoms with Crippen LogP contribution in [0.2, 0.25) is 5.02 Å². The second-order valence-corrected chi connectivity index (χ2v) is 3.78. The fraction of sp³-hybridized carbons (Fsp3) is 0.273. The normalized spacial score (nSPS) is 12.7. The second kappa shape index (κ2) is 4.63. The molecule has 1 unspecified atom stereocenters. The average molecular weight is 238 g/mol. The first-order valence-corrected chi connectivity index (χ1v) is 5.41. The number of aryl methyl sites for hydroxylation is 1. The fourth-order valence-electron chi connectivity index (χ4n) is 1.60. The van der Waals surface area contributed by atoms with E-state index in [9.17, 15) is 5.11 Å². The van der Waals surface area contributed by atoms with Gasteiger partial charge in [0.1, 0.15) is 6.10 Å². The zero-order valence-corrected chi connectivity index (χ0v) is 9.59. The van der Waals surface area contributed by atoms with E-state index in [2.05, 4.69) is 10.1 Å². The van der Waals surface area contributed by atoms with E-state index >= 15 is 0 Å². The number of rotatable bonds is 3. The topological polar surface area (TPSA) is 50.9 Å². The van der Waals surface area contributed by atoms with E-state index in [1.807, 2.05) is 6.92 Å². The van der Waals surface area contributed by atoms with E-state index in [1.165, 1.54) is 0 Å². The molecule has 0 aromatic carbocycles. The van der Waals surface area contributed by atoms with Gasteiger partial charge < -0.3 is 5.11 Å². The lowest BCUT2D eigenvalue weighted by Crippen LogP contribution is -2.09. The number of hydrogen-bond donors (Lipinski definition) is 1. The summed E-state index contributed by atoms with van der Waals surface area (Å²) in [5, 5.41) is 14.8. The van der Waals surface area contributed by atoms with Crippen molar-refractivity contribution in [2.75, 3.05) is 0 Å². The van der Waals surface area contributed by atoms with Gasteiger partial charge in [-0.2, -0.15) is 5.10 Å². The highest BCUT2D eigenvalue weighted by Crippen LogP contribution is 2.27. The molecule has 4 nitrogen and oxygen atoms in total. The standard InChI is InChI=1S/C11H12ClN3O/c1-2-15-10(9(12)7-14-15)11(16)8-3-5-13-6-4-8/h3-7,11,16H,2H2,1H3. The number of aliphatic hydroxyl groups excluding tert-OH is 1. The molecule has 0 radical (unpaired) electrons. The van der Waals surface area contributed by atoms with Crippen LogP contribution in [0.3, 0.4) is 0 Å². The first-order chi connectivity index (χ1) is 7.74. The smallest absolute Gasteiger partial charge is 0.122 e. The monoisotopic (exact) mass is 237 g/mol. The highest BCUT2D eigenvalue weighted by atomic mass is 35.5. The molecule has 16 heavy (non-hydrogen) atoms. The Labute approximate surface area is 98.5 Å². The number of hydrogen-bond acceptors (Lipinski definition) is 3. The maximum atomic E-state index is 10.2. The van der Waals surface area contributed by atoms with Gasteiger partial charge >= 0.3 is 0 Å². The number of aromatic nitrogens is 3. The number of halogens is 1. The van der Waals surface area contributed by atoms with E-state index in [-0.39, 0.29) is 0 Å². The van der Waals surface area contributed by atoms with Crippen LogP contribution in [-0.2, 0) is 6.54 Å². The molecule has 0 saturated carbocycles. The first kappa shape index (κ1) is 11.1. The van der Waals surface area contributed by atoms with Gasteiger partial charge in [-0.3, -0.25) is 9.67 Å². The Morgan fingerprint density at radius 3 is 2.75 bits per heavy atom. The van der Waals surface area contributed by atoms with Crippen molar-refractivity contribution in [3.05, 3.63) is 47.0 Å². The Morgan fingerprint density at radius 2 is 2.12 bits per heavy atom. The Kier molecular flexibility index (Phi) is 3.22. The van der Waals surface area contributed by atoms with Crippen molar-refractivity contribution in [3.63, 3.8) is 0 Å². The first-order valence-electron chi connectivity index (χ1n) is 5.03. The lowest BCUT2D eigenvalue weighted by molar-refractivity contribution is 0.208. The molecule has 1 N–H and O–H groups in total. The molecule has 0 fully saturated rings. The predicted molar refractivity (Wildman–Crippen MR) is 61.2 cm³/mol. The van der Waals surface area contributed by atoms with Gasteiger partial charge in [0.15, 0.2) is 0 Å². The highest BCUT2D eigenvalue weighted by Gasteiger charge is 2.18. The quantitative estimate of drug-likeness (QED) is 0.889. The van der Waals surface area contributed by atoms with Gasteiger partial charge in [-0.25, -0.2) is 0 Å². The molecular weight excluding hydrogens is 226 g/mol. The maximum absolute atomic E-state index is 10.2. The lowest BCUT2D eigenvalue weighted by atomic mass is 10.1. The van der Waals surface area contributed by atoms with E-state index in [1.54, 1.807) is 35.4 Å². The minimum absolute atomic E-state index is 0.478. The van der Waals surface area contributed by atoms with Crippen molar-refractivity contribution in [2.24, 2.45) is 0 Å². The third-order valence-corrected chi connectivity index (χ3v) is 2.70. The molecule has 0 saturated heterocycles. The second-order valence-electron chi connectivity index (χ2n) is 3.38. The highest BCUT2D eigenvalue weighted by molar-refractivity contribution is 6.31. The van der Waals surface area contributed by atoms with Crippen molar-refractivity contribution in [2.45, 2.75) is 19.6 Å². The van der Waals surface area contributed by atoms with Crippen LogP contribution in [0.15, 0.2) is 30.7 Å². The predicted octanol–water partition coefficient (Wildman–Crippen LogP) is 2.03. The summed E-state index contributed by atoms with van der Waals surface area (Å²) < 4.78 is 1.69. The molecule has 2 aromatic heterocycles. The molecule has 0 spiro atoms. The Morgan fingerprint density at radius 1 is 1.44 bits per heavy atom. The summed E-state index contributed by atoms with van der Waals surface area (Å²) >= 11 is 6.01. The van der Waals surface area contributed by atoms with Crippen molar-refractivity contribution in [1.82, 2.24) is 14.8 Å². The van der Waals surface area contributed by atoms with E-state index in [4.69, 9.17) is 11.6 Å². The summed E-state index contributed by atoms with van der Waals surface area (Å²) in [5.41, 5.74) is 1.38. The molecule has 0 aliphatic carbocycles. The average Bonchev–Trinajstić information content (AvgIpc) is 2.70. The SMILES string of the molecule is CCn1ncc(Cl)c1C(O)c1ccncc1. The third kappa shape index (κ3) is 1.94. The van der Waals surface area contributed by atoms with Gasteiger partial charge in [-0.15, -0.1) is 0 Å². The molecule has 2 heterocycles. The zero-order chi connectivity index (χ0) is 11.5. The summed E-state index contributed by atoms with van der Waals surface area (Å²) in [6.07, 6.45) is 4.06. The molecule has 0 aliphatic rings. The van der Waals surface area contributed by atoms with Gasteiger partial charge in [0.25, 0.3) is 0 Å². The minimum atomic E-state index is -0.766. The molecule has 2 rings (SSSR count). The van der Waals surface area contributed by atoms with E-state index in [0.29, 0.717) is 17.3 Å². The molecule has 1 atom stereocenters. The molecule has 2 aromatic rings. The maximum Gasteiger partial charge on any atom is 0.122 e. The van der Waals surface area contributed by atoms with Crippen molar-refractivity contribution in [1.29, 1.82) is 0 Å². The fourth-order valence-corrected chi connectivity index (χ4v) is 1.84. The number of pyridine rings is 1. The minimum Gasteiger partial charge on any atom is -0.382 e. The van der Waals surface area contributed by atoms with Crippen molar-refractivity contribution >= 4 is 11.6 Å². The Balaban J connectivity index is 2.41. The molecule has 84 valence electrons. The van der Waals surface area contributed by atoms with Crippen LogP contribution >= 0.6 is 11.6 Å². The summed E-state index contributed by atoms with van der Waals surface area (Å²) in [5.74, 6) is 0. The summed E-state index contributed by atoms with van der Waals surface area (Å²) in [6, 6.07) is 3.52. The van der Waals surface area contributed by atoms with Crippen LogP contribution < -0.4 is 0 Å². The number of nitrogens with zero attached hydrogens (tertiary/aromatic N) is 3. The van der Waals surface area contributed by atoms with Crippen molar-refractivity contribution in [3.8, 4) is 0 Å². The van der Waals surface area contributed by atoms with Crippen LogP contribution in [0.25, 0.3) is 0 Å². The molecule has 0 bridgehead atoms. The van der Waals surface area contributed by atoms with Crippen LogP contribution in [0.4, 0.5) is 0 Å². The van der Waals surface area contributed by atoms with Crippen molar-refractivity contribution < 1.29 is 5.11 Å². The van der Waals surface area contributed by atoms with Gasteiger partial charge in [0, 0.05) is 18.9 Å². The molecule has 5 heteroatoms. The Hall–Kier alpha value is -1.39. The van der Waals surface area contributed by atoms with Gasteiger partial charge in [-0.1, -0.05) is 11.6 Å². The van der Waals surface area contributed by atoms with Crippen LogP contribution in [0, 0.1) is 0 Å².